The summed E-state index contributed by atoms with van der Waals surface area (Å²) >= 11 is 6.02. The molecule has 1 N–H and O–H groups in total. The van der Waals surface area contributed by atoms with E-state index in [4.69, 9.17) is 11.6 Å². The molecule has 1 aliphatic rings. The van der Waals surface area contributed by atoms with Gasteiger partial charge in [-0.1, -0.05) is 43.0 Å². The summed E-state index contributed by atoms with van der Waals surface area (Å²) in [6.45, 7) is 0. The molecule has 4 rings (SSSR count). The van der Waals surface area contributed by atoms with Gasteiger partial charge in [0.05, 0.1) is 17.3 Å². The van der Waals surface area contributed by atoms with E-state index in [2.05, 4.69) is 14.8 Å². The summed E-state index contributed by atoms with van der Waals surface area (Å²) in [5.74, 6) is 0. The molecule has 0 radical (unpaired) electrons. The van der Waals surface area contributed by atoms with Gasteiger partial charge in [-0.25, -0.2) is 0 Å². The molecule has 5 heteroatoms. The van der Waals surface area contributed by atoms with Crippen molar-refractivity contribution in [2.24, 2.45) is 0 Å². The van der Waals surface area contributed by atoms with Crippen molar-refractivity contribution < 1.29 is 0 Å². The number of H-pyrrole nitrogens is 1. The predicted octanol–water partition coefficient (Wildman–Crippen LogP) is 5.06. The molecule has 4 nitrogen and oxygen atoms in total. The maximum atomic E-state index is 12.8. The summed E-state index contributed by atoms with van der Waals surface area (Å²) in [7, 11) is 0. The standard InChI is InChI=1S/C20H20ClN3O/c21-16-8-6-14(7-9-16)18-19(15-10-12-22-13-11-15)24(23-20(18)25)17-4-2-1-3-5-17/h6-13,17H,1-5H2,(H,23,25). The number of benzene rings is 1. The van der Waals surface area contributed by atoms with Crippen LogP contribution >= 0.6 is 11.6 Å². The highest BCUT2D eigenvalue weighted by Gasteiger charge is 2.24. The van der Waals surface area contributed by atoms with Crippen molar-refractivity contribution in [3.8, 4) is 22.4 Å². The Morgan fingerprint density at radius 2 is 1.64 bits per heavy atom. The summed E-state index contributed by atoms with van der Waals surface area (Å²) in [5, 5.41) is 3.77. The van der Waals surface area contributed by atoms with Gasteiger partial charge in [0.15, 0.2) is 0 Å². The zero-order valence-corrected chi connectivity index (χ0v) is 14.7. The largest absolute Gasteiger partial charge is 0.281 e. The molecule has 1 aliphatic carbocycles. The minimum Gasteiger partial charge on any atom is -0.281 e. The second kappa shape index (κ2) is 6.89. The van der Waals surface area contributed by atoms with Gasteiger partial charge in [0.25, 0.3) is 5.56 Å². The Kier molecular flexibility index (Phi) is 4.45. The van der Waals surface area contributed by atoms with Crippen LogP contribution in [-0.4, -0.2) is 14.8 Å². The van der Waals surface area contributed by atoms with E-state index in [1.165, 1.54) is 19.3 Å². The van der Waals surface area contributed by atoms with Gasteiger partial charge in [-0.05, 0) is 42.7 Å². The van der Waals surface area contributed by atoms with Gasteiger partial charge in [0, 0.05) is 23.0 Å². The number of nitrogens with one attached hydrogen (secondary N) is 1. The first kappa shape index (κ1) is 16.2. The molecular weight excluding hydrogens is 334 g/mol. The van der Waals surface area contributed by atoms with E-state index in [1.807, 2.05) is 36.4 Å². The lowest BCUT2D eigenvalue weighted by atomic mass is 9.94. The van der Waals surface area contributed by atoms with Crippen LogP contribution in [0.2, 0.25) is 5.02 Å². The molecule has 1 aromatic carbocycles. The third kappa shape index (κ3) is 3.14. The molecule has 0 bridgehead atoms. The van der Waals surface area contributed by atoms with Gasteiger partial charge in [0.2, 0.25) is 0 Å². The van der Waals surface area contributed by atoms with Crippen molar-refractivity contribution in [1.82, 2.24) is 14.8 Å². The quantitative estimate of drug-likeness (QED) is 0.715. The first-order valence-electron chi connectivity index (χ1n) is 8.75. The van der Waals surface area contributed by atoms with Crippen LogP contribution in [0.1, 0.15) is 38.1 Å². The van der Waals surface area contributed by atoms with Gasteiger partial charge < -0.3 is 0 Å². The van der Waals surface area contributed by atoms with Crippen molar-refractivity contribution in [3.05, 3.63) is 64.2 Å². The Labute approximate surface area is 151 Å². The third-order valence-electron chi connectivity index (χ3n) is 4.95. The van der Waals surface area contributed by atoms with Gasteiger partial charge in [-0.15, -0.1) is 0 Å². The molecule has 3 aromatic rings. The van der Waals surface area contributed by atoms with Crippen LogP contribution in [0.25, 0.3) is 22.4 Å². The number of hydrogen-bond acceptors (Lipinski definition) is 2. The monoisotopic (exact) mass is 353 g/mol. The summed E-state index contributed by atoms with van der Waals surface area (Å²) in [4.78, 5) is 17.0. The molecule has 0 atom stereocenters. The number of aromatic nitrogens is 3. The SMILES string of the molecule is O=c1[nH]n(C2CCCCC2)c(-c2ccncc2)c1-c1ccc(Cl)cc1. The van der Waals surface area contributed by atoms with Gasteiger partial charge in [0.1, 0.15) is 0 Å². The zero-order valence-electron chi connectivity index (χ0n) is 13.9. The average molecular weight is 354 g/mol. The van der Waals surface area contributed by atoms with Crippen molar-refractivity contribution in [3.63, 3.8) is 0 Å². The molecule has 1 saturated carbocycles. The summed E-state index contributed by atoms with van der Waals surface area (Å²) in [5.41, 5.74) is 3.48. The van der Waals surface area contributed by atoms with Crippen LogP contribution in [0.4, 0.5) is 0 Å². The normalized spacial score (nSPS) is 15.4. The molecule has 0 spiro atoms. The van der Waals surface area contributed by atoms with E-state index in [-0.39, 0.29) is 5.56 Å². The maximum absolute atomic E-state index is 12.8. The third-order valence-corrected chi connectivity index (χ3v) is 5.21. The molecule has 0 aliphatic heterocycles. The molecule has 2 aromatic heterocycles. The van der Waals surface area contributed by atoms with Crippen LogP contribution < -0.4 is 5.56 Å². The number of nitrogens with zero attached hydrogens (tertiary/aromatic N) is 2. The minimum atomic E-state index is -0.0558. The summed E-state index contributed by atoms with van der Waals surface area (Å²) in [6.07, 6.45) is 9.42. The van der Waals surface area contributed by atoms with Crippen molar-refractivity contribution >= 4 is 11.6 Å². The predicted molar refractivity (Wildman–Crippen MR) is 101 cm³/mol. The van der Waals surface area contributed by atoms with Gasteiger partial charge >= 0.3 is 0 Å². The lowest BCUT2D eigenvalue weighted by molar-refractivity contribution is 0.331. The molecule has 0 unspecified atom stereocenters. The van der Waals surface area contributed by atoms with E-state index in [9.17, 15) is 4.79 Å². The van der Waals surface area contributed by atoms with Crippen LogP contribution in [0.15, 0.2) is 53.6 Å². The molecule has 0 saturated heterocycles. The van der Waals surface area contributed by atoms with E-state index in [0.717, 1.165) is 29.7 Å². The number of hydrogen-bond donors (Lipinski definition) is 1. The molecule has 1 fully saturated rings. The molecule has 0 amide bonds. The molecule has 25 heavy (non-hydrogen) atoms. The second-order valence-corrected chi connectivity index (χ2v) is 7.01. The Bertz CT molecular complexity index is 906. The van der Waals surface area contributed by atoms with Crippen LogP contribution in [0.5, 0.6) is 0 Å². The first-order chi connectivity index (χ1) is 12.2. The highest BCUT2D eigenvalue weighted by molar-refractivity contribution is 6.30. The molecule has 2 heterocycles. The zero-order chi connectivity index (χ0) is 17.2. The topological polar surface area (TPSA) is 50.7 Å². The van der Waals surface area contributed by atoms with Crippen LogP contribution in [0, 0.1) is 0 Å². The van der Waals surface area contributed by atoms with Crippen molar-refractivity contribution in [2.45, 2.75) is 38.1 Å². The molecular formula is C20H20ClN3O. The fraction of sp³-hybridized carbons (Fsp3) is 0.300. The average Bonchev–Trinajstić information content (AvgIpc) is 3.01. The van der Waals surface area contributed by atoms with E-state index in [0.29, 0.717) is 16.6 Å². The maximum Gasteiger partial charge on any atom is 0.272 e. The van der Waals surface area contributed by atoms with Crippen LogP contribution in [-0.2, 0) is 0 Å². The van der Waals surface area contributed by atoms with E-state index < -0.39 is 0 Å². The fourth-order valence-electron chi connectivity index (χ4n) is 3.74. The summed E-state index contributed by atoms with van der Waals surface area (Å²) < 4.78 is 2.08. The highest BCUT2D eigenvalue weighted by Crippen LogP contribution is 2.36. The number of halogens is 1. The highest BCUT2D eigenvalue weighted by atomic mass is 35.5. The second-order valence-electron chi connectivity index (χ2n) is 6.57. The Balaban J connectivity index is 1.92. The molecule has 128 valence electrons. The number of aromatic amines is 1. The smallest absolute Gasteiger partial charge is 0.272 e. The van der Waals surface area contributed by atoms with Crippen molar-refractivity contribution in [1.29, 1.82) is 0 Å². The fourth-order valence-corrected chi connectivity index (χ4v) is 3.87. The van der Waals surface area contributed by atoms with Crippen LogP contribution in [0.3, 0.4) is 0 Å². The number of pyridine rings is 1. The van der Waals surface area contributed by atoms with Crippen molar-refractivity contribution in [2.75, 3.05) is 0 Å². The van der Waals surface area contributed by atoms with Gasteiger partial charge in [-0.2, -0.15) is 0 Å². The first-order valence-corrected chi connectivity index (χ1v) is 9.12. The van der Waals surface area contributed by atoms with E-state index >= 15 is 0 Å². The lowest BCUT2D eigenvalue weighted by Crippen LogP contribution is -2.17. The van der Waals surface area contributed by atoms with E-state index in [1.54, 1.807) is 12.4 Å². The Morgan fingerprint density at radius 3 is 2.32 bits per heavy atom. The van der Waals surface area contributed by atoms with Gasteiger partial charge in [-0.3, -0.25) is 19.6 Å². The Morgan fingerprint density at radius 1 is 0.960 bits per heavy atom. The number of rotatable bonds is 3. The summed E-state index contributed by atoms with van der Waals surface area (Å²) in [6, 6.07) is 11.7. The lowest BCUT2D eigenvalue weighted by Gasteiger charge is -2.25. The minimum absolute atomic E-state index is 0.0558. The Hall–Kier alpha value is -2.33.